The second-order valence-electron chi connectivity index (χ2n) is 1.85. The number of hydrogen-bond donors (Lipinski definition) is 4. The molecule has 6 N–H and O–H groups in total. The number of rotatable bonds is 4. The van der Waals surface area contributed by atoms with Gasteiger partial charge in [-0.2, -0.15) is 0 Å². The molecule has 0 aromatic carbocycles. The van der Waals surface area contributed by atoms with Crippen LogP contribution in [-0.2, 0) is 4.79 Å². The van der Waals surface area contributed by atoms with Crippen LogP contribution in [-0.4, -0.2) is 37.3 Å². The van der Waals surface area contributed by atoms with Gasteiger partial charge in [0.2, 0.25) is 0 Å². The van der Waals surface area contributed by atoms with Crippen LogP contribution in [0.2, 0.25) is 0 Å². The molecule has 68 valence electrons. The molecule has 0 unspecified atom stereocenters. The van der Waals surface area contributed by atoms with Crippen molar-refractivity contribution >= 4 is 5.97 Å². The van der Waals surface area contributed by atoms with Gasteiger partial charge < -0.3 is 21.9 Å². The first-order chi connectivity index (χ1) is 5.15. The number of nitrogens with two attached hydrogens (primary N) is 2. The Morgan fingerprint density at radius 1 is 1.00 bits per heavy atom. The van der Waals surface area contributed by atoms with Crippen LogP contribution < -0.4 is 165 Å². The van der Waals surface area contributed by atoms with Crippen LogP contribution in [0, 0.1) is 0 Å². The molecule has 16 heavy (non-hydrogen) atoms. The fourth-order valence-electron chi connectivity index (χ4n) is 0.329. The topological polar surface area (TPSA) is 101 Å². The molecule has 0 aromatic heterocycles. The van der Waals surface area contributed by atoms with Crippen LogP contribution in [0.1, 0.15) is 6.92 Å². The fraction of sp³-hybridized carbons (Fsp3) is 0.833. The van der Waals surface area contributed by atoms with Crippen LogP contribution in [0.15, 0.2) is 0 Å². The molecule has 0 saturated heterocycles. The molecule has 0 aliphatic rings. The summed E-state index contributed by atoms with van der Waals surface area (Å²) in [4.78, 5) is 9.00. The number of carboxylic acid groups (broad SMARTS) is 1. The summed E-state index contributed by atoms with van der Waals surface area (Å²) >= 11 is 0. The van der Waals surface area contributed by atoms with Gasteiger partial charge in [0.05, 0.1) is 0 Å². The van der Waals surface area contributed by atoms with E-state index < -0.39 is 5.97 Å². The van der Waals surface area contributed by atoms with Gasteiger partial charge in [-0.15, -0.1) is 0 Å². The summed E-state index contributed by atoms with van der Waals surface area (Å²) in [6, 6.07) is 0. The second kappa shape index (κ2) is 42.7. The van der Waals surface area contributed by atoms with Gasteiger partial charge in [0, 0.05) is 33.1 Å². The Morgan fingerprint density at radius 2 is 1.19 bits per heavy atom. The summed E-state index contributed by atoms with van der Waals surface area (Å²) in [5.41, 5.74) is 10.3. The molecule has 0 heterocycles. The molecule has 0 rings (SSSR count). The number of carboxylic acids is 1. The predicted octanol–water partition coefficient (Wildman–Crippen LogP) is -16.4. The first-order valence-electron chi connectivity index (χ1n) is 3.45. The zero-order valence-electron chi connectivity index (χ0n) is 11.8. The number of hydrogen-bond acceptors (Lipinski definition) is 4. The summed E-state index contributed by atoms with van der Waals surface area (Å²) < 4.78 is 0. The Kier molecular flexibility index (Phi) is 114. The molecule has 0 atom stereocenters. The van der Waals surface area contributed by atoms with Crippen molar-refractivity contribution in [1.29, 1.82) is 0 Å². The van der Waals surface area contributed by atoms with Crippen LogP contribution in [0.5, 0.6) is 0 Å². The molecule has 10 heteroatoms. The number of carbonyl (C=O) groups is 1. The van der Waals surface area contributed by atoms with Gasteiger partial charge in [-0.05, 0) is 0 Å². The van der Waals surface area contributed by atoms with Crippen molar-refractivity contribution in [3.05, 3.63) is 0 Å². The quantitative estimate of drug-likeness (QED) is 0.302. The van der Waals surface area contributed by atoms with E-state index in [0.29, 0.717) is 13.1 Å². The summed E-state index contributed by atoms with van der Waals surface area (Å²) in [5.74, 6) is -0.833. The number of nitrogens with one attached hydrogen (secondary N) is 1. The zero-order valence-corrected chi connectivity index (χ0v) is 21.8. The minimum atomic E-state index is -0.833. The summed E-state index contributed by atoms with van der Waals surface area (Å²) in [7, 11) is 0. The molecule has 0 aliphatic carbocycles. The summed E-state index contributed by atoms with van der Waals surface area (Å²) in [6.45, 7) is 4.22. The van der Waals surface area contributed by atoms with Gasteiger partial charge in [-0.1, -0.05) is 0 Å². The molecule has 0 aliphatic heterocycles. The van der Waals surface area contributed by atoms with Gasteiger partial charge in [-0.3, -0.25) is 4.79 Å². The first-order valence-corrected chi connectivity index (χ1v) is 3.45. The SMILES string of the molecule is CC(=O)O.NCCNCCN.[Na+].[Na+].[Na+].[Na+].[Na+]. The minimum Gasteiger partial charge on any atom is -0.481 e. The smallest absolute Gasteiger partial charge is 0.481 e. The largest absolute Gasteiger partial charge is 1.00 e. The van der Waals surface area contributed by atoms with Crippen LogP contribution in [0.4, 0.5) is 0 Å². The predicted molar refractivity (Wildman–Crippen MR) is 44.3 cm³/mol. The minimum absolute atomic E-state index is 0. The third kappa shape index (κ3) is 79.2. The zero-order chi connectivity index (χ0) is 9.11. The van der Waals surface area contributed by atoms with Gasteiger partial charge in [-0.25, -0.2) is 0 Å². The first kappa shape index (κ1) is 42.8. The summed E-state index contributed by atoms with van der Waals surface area (Å²) in [6.07, 6.45) is 0. The van der Waals surface area contributed by atoms with Crippen molar-refractivity contribution in [2.75, 3.05) is 26.2 Å². The number of aliphatic carboxylic acids is 1. The summed E-state index contributed by atoms with van der Waals surface area (Å²) in [5, 5.41) is 10.5. The van der Waals surface area contributed by atoms with Crippen LogP contribution in [0.25, 0.3) is 0 Å². The Morgan fingerprint density at radius 3 is 1.31 bits per heavy atom. The standard InChI is InChI=1S/C4H13N3.C2H4O2.5Na/c5-1-3-7-4-2-6;1-2(3)4;;;;;/h7H,1-6H2;1H3,(H,3,4);;;;;/q;;5*+1. The molecule has 0 aromatic rings. The van der Waals surface area contributed by atoms with E-state index in [1.165, 1.54) is 0 Å². The Bertz CT molecular complexity index is 94.2. The van der Waals surface area contributed by atoms with E-state index in [0.717, 1.165) is 20.0 Å². The van der Waals surface area contributed by atoms with Crippen LogP contribution in [0.3, 0.4) is 0 Å². The van der Waals surface area contributed by atoms with E-state index in [1.807, 2.05) is 0 Å². The molecule has 0 radical (unpaired) electrons. The second-order valence-corrected chi connectivity index (χ2v) is 1.85. The van der Waals surface area contributed by atoms with Crippen molar-refractivity contribution in [2.45, 2.75) is 6.92 Å². The van der Waals surface area contributed by atoms with Crippen molar-refractivity contribution < 1.29 is 158 Å². The van der Waals surface area contributed by atoms with E-state index in [2.05, 4.69) is 5.32 Å². The Balaban J connectivity index is -0.0000000165. The Hall–Kier alpha value is 4.35. The fourth-order valence-corrected chi connectivity index (χ4v) is 0.329. The maximum Gasteiger partial charge on any atom is 1.00 e. The van der Waals surface area contributed by atoms with E-state index in [4.69, 9.17) is 21.4 Å². The third-order valence-electron chi connectivity index (χ3n) is 0.642. The maximum atomic E-state index is 9.00. The third-order valence-corrected chi connectivity index (χ3v) is 0.642. The van der Waals surface area contributed by atoms with Crippen molar-refractivity contribution in [3.63, 3.8) is 0 Å². The molecular weight excluding hydrogens is 261 g/mol. The van der Waals surface area contributed by atoms with Crippen molar-refractivity contribution in [2.24, 2.45) is 11.5 Å². The van der Waals surface area contributed by atoms with E-state index in [-0.39, 0.29) is 148 Å². The van der Waals surface area contributed by atoms with Gasteiger partial charge in [0.15, 0.2) is 0 Å². The van der Waals surface area contributed by atoms with Crippen molar-refractivity contribution in [3.8, 4) is 0 Å². The molecular formula is C6H17N3Na5O2+5. The molecule has 0 saturated carbocycles. The molecule has 0 spiro atoms. The van der Waals surface area contributed by atoms with Gasteiger partial charge >= 0.3 is 148 Å². The van der Waals surface area contributed by atoms with Crippen molar-refractivity contribution in [1.82, 2.24) is 5.32 Å². The average molecular weight is 278 g/mol. The maximum absolute atomic E-state index is 9.00. The average Bonchev–Trinajstić information content (AvgIpc) is 1.88. The normalized spacial score (nSPS) is 5.69. The van der Waals surface area contributed by atoms with E-state index in [1.54, 1.807) is 0 Å². The monoisotopic (exact) mass is 278 g/mol. The molecule has 0 bridgehead atoms. The van der Waals surface area contributed by atoms with Crippen LogP contribution >= 0.6 is 0 Å². The van der Waals surface area contributed by atoms with Gasteiger partial charge in [0.25, 0.3) is 5.97 Å². The Labute approximate surface area is 209 Å². The van der Waals surface area contributed by atoms with E-state index >= 15 is 0 Å². The van der Waals surface area contributed by atoms with E-state index in [9.17, 15) is 0 Å². The van der Waals surface area contributed by atoms with Gasteiger partial charge in [0.1, 0.15) is 0 Å². The molecule has 0 fully saturated rings. The molecule has 0 amide bonds. The molecule has 5 nitrogen and oxygen atoms in total.